The van der Waals surface area contributed by atoms with Gasteiger partial charge in [-0.2, -0.15) is 54.8 Å². The maximum atomic E-state index is 14.5. The van der Waals surface area contributed by atoms with Crippen molar-refractivity contribution in [2.75, 3.05) is 19.8 Å². The molecule has 598 valence electrons. The number of aliphatic hydroxyl groups is 6. The van der Waals surface area contributed by atoms with E-state index in [1.807, 2.05) is 0 Å². The van der Waals surface area contributed by atoms with Gasteiger partial charge >= 0.3 is 18.5 Å². The molecule has 9 aromatic rings. The first-order chi connectivity index (χ1) is 50.2. The van der Waals surface area contributed by atoms with E-state index in [0.29, 0.717) is 46.2 Å². The summed E-state index contributed by atoms with van der Waals surface area (Å²) < 4.78 is 151. The second-order valence-electron chi connectivity index (χ2n) is 30.8. The van der Waals surface area contributed by atoms with Crippen LogP contribution in [0.1, 0.15) is 150 Å². The van der Waals surface area contributed by atoms with E-state index < -0.39 is 86.5 Å². The minimum atomic E-state index is -5.02. The Bertz CT molecular complexity index is 4760. The summed E-state index contributed by atoms with van der Waals surface area (Å²) in [5, 5.41) is 76.2. The zero-order valence-electron chi connectivity index (χ0n) is 62.3. The summed E-state index contributed by atoms with van der Waals surface area (Å²) in [4.78, 5) is 35.8. The number of ether oxygens (including phenoxy) is 3. The Morgan fingerprint density at radius 2 is 0.631 bits per heavy atom. The number of fused-ring (bicyclic) bond motifs is 9. The van der Waals surface area contributed by atoms with Gasteiger partial charge in [-0.3, -0.25) is 28.4 Å². The number of hydrogen-bond acceptors (Lipinski definition) is 15. The fourth-order valence-corrected chi connectivity index (χ4v) is 13.1. The van der Waals surface area contributed by atoms with Crippen LogP contribution in [-0.4, -0.2) is 138 Å². The largest absolute Gasteiger partial charge is 0.494 e. The summed E-state index contributed by atoms with van der Waals surface area (Å²) in [6.45, 7) is 19.4. The molecule has 3 atom stereocenters. The lowest BCUT2D eigenvalue weighted by Crippen LogP contribution is -2.41. The van der Waals surface area contributed by atoms with Gasteiger partial charge < -0.3 is 67.5 Å². The molecule has 0 saturated heterocycles. The minimum Gasteiger partial charge on any atom is -0.494 e. The van der Waals surface area contributed by atoms with Gasteiger partial charge in [0, 0.05) is 81.5 Å². The SMILES string of the molecule is C.CC(C)(O)CCCOc1cc(-c2cnn(C(C)(C)C(N)=O)c2)c2c(c1)[C@@](O)(C(F)(F)F)c1ccccc1-2.CC(C)(O)CCOc1cc(-c2cnn(C(C)(C)C(N)=O)c2)c2c(c1)[C@@](O)(C(F)(F)F)c1ccccc1-2.CC(C)(O)CCOc1cc(-c2cnn(C(C)(C)C(N)=O)c2)c2c(c1)[C@@](O)(C(F)(F)F)c1ccccc1-2.O. The molecule has 3 amide bonds. The van der Waals surface area contributed by atoms with E-state index in [1.54, 1.807) is 119 Å². The summed E-state index contributed by atoms with van der Waals surface area (Å²) in [6, 6.07) is 25.8. The van der Waals surface area contributed by atoms with Gasteiger partial charge in [0.1, 0.15) is 33.9 Å². The molecule has 6 aromatic carbocycles. The number of nitrogens with two attached hydrogens (primary N) is 3. The minimum absolute atomic E-state index is 0. The lowest BCUT2D eigenvalue weighted by atomic mass is 9.89. The van der Waals surface area contributed by atoms with E-state index in [4.69, 9.17) is 31.4 Å². The number of alkyl halides is 9. The molecule has 0 fully saturated rings. The predicted molar refractivity (Wildman–Crippen MR) is 396 cm³/mol. The van der Waals surface area contributed by atoms with Crippen LogP contribution in [0.15, 0.2) is 146 Å². The summed E-state index contributed by atoms with van der Waals surface area (Å²) in [6.07, 6.45) is -4.83. The van der Waals surface area contributed by atoms with Crippen LogP contribution in [0.3, 0.4) is 0 Å². The van der Waals surface area contributed by atoms with Crippen LogP contribution < -0.4 is 31.4 Å². The predicted octanol–water partition coefficient (Wildman–Crippen LogP) is 12.5. The van der Waals surface area contributed by atoms with Crippen LogP contribution in [0, 0.1) is 0 Å². The number of nitrogens with zero attached hydrogens (tertiary/aromatic N) is 6. The zero-order valence-corrected chi connectivity index (χ0v) is 62.3. The van der Waals surface area contributed by atoms with Crippen molar-refractivity contribution >= 4 is 17.7 Å². The number of carbonyl (C=O) groups is 3. The number of rotatable bonds is 22. The van der Waals surface area contributed by atoms with Gasteiger partial charge in [0.25, 0.3) is 0 Å². The third-order valence-electron chi connectivity index (χ3n) is 19.9. The van der Waals surface area contributed by atoms with Crippen molar-refractivity contribution in [3.63, 3.8) is 0 Å². The van der Waals surface area contributed by atoms with Crippen LogP contribution in [0.4, 0.5) is 39.5 Å². The maximum Gasteiger partial charge on any atom is 0.425 e. The lowest BCUT2D eigenvalue weighted by Gasteiger charge is -2.29. The normalized spacial score (nSPS) is 17.2. The Morgan fingerprint density at radius 3 is 0.865 bits per heavy atom. The van der Waals surface area contributed by atoms with Crippen LogP contribution in [0.25, 0.3) is 66.8 Å². The summed E-state index contributed by atoms with van der Waals surface area (Å²) in [5.74, 6) is -1.60. The highest BCUT2D eigenvalue weighted by Gasteiger charge is 2.64. The molecule has 22 nitrogen and oxygen atoms in total. The maximum absolute atomic E-state index is 14.5. The molecule has 0 aliphatic heterocycles. The molecule has 31 heteroatoms. The van der Waals surface area contributed by atoms with Gasteiger partial charge in [0.05, 0.1) is 55.2 Å². The zero-order chi connectivity index (χ0) is 80.8. The average Bonchev–Trinajstić information content (AvgIpc) is 1.56. The molecule has 3 aliphatic rings. The molecule has 3 aromatic heterocycles. The topological polar surface area (TPSA) is 363 Å². The van der Waals surface area contributed by atoms with E-state index in [1.165, 1.54) is 124 Å². The number of hydrogen-bond donors (Lipinski definition) is 9. The number of primary amides is 3. The Hall–Kier alpha value is -10.2. The van der Waals surface area contributed by atoms with Crippen molar-refractivity contribution in [2.45, 2.75) is 185 Å². The molecular weight excluding hydrogens is 1470 g/mol. The Labute approximate surface area is 634 Å². The third-order valence-corrected chi connectivity index (χ3v) is 19.9. The van der Waals surface area contributed by atoms with E-state index in [0.717, 1.165) is 0 Å². The fraction of sp³-hybridized carbons (Fsp3) is 0.400. The second kappa shape index (κ2) is 30.2. The number of aromatic nitrogens is 6. The first-order valence-electron chi connectivity index (χ1n) is 34.6. The van der Waals surface area contributed by atoms with Crippen molar-refractivity contribution in [3.8, 4) is 84.0 Å². The van der Waals surface area contributed by atoms with Gasteiger partial charge in [0.2, 0.25) is 34.5 Å². The molecule has 0 radical (unpaired) electrons. The number of carbonyl (C=O) groups excluding carboxylic acids is 3. The average molecular weight is 1560 g/mol. The van der Waals surface area contributed by atoms with Crippen molar-refractivity contribution in [2.24, 2.45) is 17.2 Å². The highest BCUT2D eigenvalue weighted by molar-refractivity contribution is 5.96. The van der Waals surface area contributed by atoms with Crippen molar-refractivity contribution in [1.29, 1.82) is 0 Å². The lowest BCUT2D eigenvalue weighted by molar-refractivity contribution is -0.247. The second-order valence-corrected chi connectivity index (χ2v) is 30.8. The Balaban J connectivity index is 0.000000207. The standard InChI is InChI=1S/C27H30F3N3O4.2C26H28F3N3O4.CH4.H2O/c1-24(2,35)10-7-11-37-17-12-19(16-14-32-33(15-16)25(3,4)23(31)34)22-18-8-5-6-9-20(18)26(36,21(22)13-17)27(28,29)30;2*1-23(2,34)9-10-36-16-11-18(15-13-31-32(14-15)24(3,4)22(30)33)21-17-7-5-6-8-19(17)25(35,20(21)12-16)26(27,28)29;;/h5-6,8-9,12-15,35-36H,7,10-11H2,1-4H3,(H2,31,34);2*5-8,11-14,34-35H,9-10H2,1-4H3,(H2,30,33);1H4;1H2/t26-;2*25-;;/m111../s1. The highest BCUT2D eigenvalue weighted by Crippen LogP contribution is 2.62. The van der Waals surface area contributed by atoms with Crippen LogP contribution >= 0.6 is 0 Å². The molecule has 0 bridgehead atoms. The van der Waals surface area contributed by atoms with Crippen molar-refractivity contribution < 1.29 is 104 Å². The summed E-state index contributed by atoms with van der Waals surface area (Å²) in [7, 11) is 0. The summed E-state index contributed by atoms with van der Waals surface area (Å²) >= 11 is 0. The van der Waals surface area contributed by atoms with Crippen molar-refractivity contribution in [1.82, 2.24) is 29.3 Å². The van der Waals surface area contributed by atoms with Gasteiger partial charge in [-0.05, 0) is 182 Å². The molecule has 0 saturated carbocycles. The summed E-state index contributed by atoms with van der Waals surface area (Å²) in [5.41, 5.74) is 1.85. The fourth-order valence-electron chi connectivity index (χ4n) is 13.1. The van der Waals surface area contributed by atoms with Gasteiger partial charge in [-0.1, -0.05) is 80.2 Å². The van der Waals surface area contributed by atoms with E-state index in [-0.39, 0.29) is 130 Å². The molecule has 0 spiro atoms. The van der Waals surface area contributed by atoms with Gasteiger partial charge in [-0.25, -0.2) is 0 Å². The molecular formula is C80H92F9N9O13. The molecule has 0 unspecified atom stereocenters. The van der Waals surface area contributed by atoms with Gasteiger partial charge in [0.15, 0.2) is 0 Å². The Kier molecular flexibility index (Phi) is 23.5. The van der Waals surface area contributed by atoms with E-state index >= 15 is 0 Å². The number of amides is 3. The van der Waals surface area contributed by atoms with E-state index in [2.05, 4.69) is 15.3 Å². The quantitative estimate of drug-likeness (QED) is 0.0225. The van der Waals surface area contributed by atoms with Gasteiger partial charge in [-0.15, -0.1) is 0 Å². The first-order valence-corrected chi connectivity index (χ1v) is 34.6. The molecule has 12 rings (SSSR count). The first kappa shape index (κ1) is 86.4. The van der Waals surface area contributed by atoms with Crippen molar-refractivity contribution in [3.05, 3.63) is 180 Å². The van der Waals surface area contributed by atoms with Crippen LogP contribution in [-0.2, 0) is 47.8 Å². The highest BCUT2D eigenvalue weighted by atomic mass is 19.4. The Morgan fingerprint density at radius 1 is 0.387 bits per heavy atom. The smallest absolute Gasteiger partial charge is 0.425 e. The van der Waals surface area contributed by atoms with Crippen LogP contribution in [0.5, 0.6) is 17.2 Å². The number of halogens is 9. The molecule has 14 N–H and O–H groups in total. The molecule has 3 heterocycles. The molecule has 111 heavy (non-hydrogen) atoms. The third kappa shape index (κ3) is 16.2. The van der Waals surface area contributed by atoms with Crippen LogP contribution in [0.2, 0.25) is 0 Å². The monoisotopic (exact) mass is 1560 g/mol. The molecule has 3 aliphatic carbocycles. The van der Waals surface area contributed by atoms with E-state index in [9.17, 15) is 84.5 Å². The number of benzene rings is 6.